The molecule has 2 bridgehead atoms. The topological polar surface area (TPSA) is 12.5 Å². The number of benzene rings is 7. The highest BCUT2D eigenvalue weighted by Crippen LogP contribution is 2.53. The Balaban J connectivity index is 0.986. The van der Waals surface area contributed by atoms with Gasteiger partial charge in [-0.1, -0.05) is 134 Å². The fourth-order valence-corrected chi connectivity index (χ4v) is 9.44. The minimum atomic E-state index is 0.0184. The predicted octanol–water partition coefficient (Wildman–Crippen LogP) is 14.2. The first kappa shape index (κ1) is 31.8. The normalized spacial score (nSPS) is 19.6. The van der Waals surface area contributed by atoms with Crippen LogP contribution in [0.1, 0.15) is 55.8 Å². The second kappa shape index (κ2) is 13.3. The van der Waals surface area contributed by atoms with E-state index in [-0.39, 0.29) is 6.10 Å². The first-order valence-corrected chi connectivity index (χ1v) is 19.3. The zero-order chi connectivity index (χ0) is 35.3. The van der Waals surface area contributed by atoms with Crippen molar-refractivity contribution < 1.29 is 4.74 Å². The molecule has 4 unspecified atom stereocenters. The average molecular weight is 686 g/mol. The van der Waals surface area contributed by atoms with Crippen LogP contribution in [0.15, 0.2) is 170 Å². The lowest BCUT2D eigenvalue weighted by Crippen LogP contribution is -2.13. The van der Waals surface area contributed by atoms with E-state index in [0.29, 0.717) is 0 Å². The number of nitrogens with zero attached hydrogens (tertiary/aromatic N) is 1. The van der Waals surface area contributed by atoms with Gasteiger partial charge in [0.25, 0.3) is 0 Å². The van der Waals surface area contributed by atoms with Crippen molar-refractivity contribution >= 4 is 17.1 Å². The van der Waals surface area contributed by atoms with E-state index in [0.717, 1.165) is 46.1 Å². The van der Waals surface area contributed by atoms with Crippen molar-refractivity contribution in [1.29, 1.82) is 0 Å². The number of fused-ring (bicyclic) bond motifs is 5. The molecule has 7 aromatic rings. The second-order valence-electron chi connectivity index (χ2n) is 15.3. The van der Waals surface area contributed by atoms with Gasteiger partial charge in [0.05, 0.1) is 0 Å². The Kier molecular flexibility index (Phi) is 7.98. The third-order valence-electron chi connectivity index (χ3n) is 12.2. The maximum atomic E-state index is 6.41. The second-order valence-corrected chi connectivity index (χ2v) is 15.3. The van der Waals surface area contributed by atoms with Crippen molar-refractivity contribution in [2.45, 2.75) is 44.6 Å². The van der Waals surface area contributed by atoms with E-state index in [1.54, 1.807) is 0 Å². The van der Waals surface area contributed by atoms with Gasteiger partial charge < -0.3 is 9.64 Å². The summed E-state index contributed by atoms with van der Waals surface area (Å²) < 4.78 is 6.41. The molecule has 7 aromatic carbocycles. The maximum absolute atomic E-state index is 6.41. The maximum Gasteiger partial charge on any atom is 0.128 e. The molecule has 53 heavy (non-hydrogen) atoms. The lowest BCUT2D eigenvalue weighted by atomic mass is 9.83. The molecular formula is C51H43NO. The minimum absolute atomic E-state index is 0.0184. The van der Waals surface area contributed by atoms with E-state index in [9.17, 15) is 0 Å². The molecule has 2 fully saturated rings. The molecule has 10 rings (SSSR count). The van der Waals surface area contributed by atoms with Crippen LogP contribution in [-0.2, 0) is 0 Å². The van der Waals surface area contributed by atoms with Crippen LogP contribution in [0.3, 0.4) is 0 Å². The molecule has 3 aliphatic rings. The van der Waals surface area contributed by atoms with E-state index in [4.69, 9.17) is 4.74 Å². The summed E-state index contributed by atoms with van der Waals surface area (Å²) in [6.07, 6.45) is 5.71. The van der Waals surface area contributed by atoms with Crippen molar-refractivity contribution in [1.82, 2.24) is 0 Å². The molecule has 2 heteroatoms. The zero-order valence-electron chi connectivity index (χ0n) is 30.2. The third-order valence-corrected chi connectivity index (χ3v) is 12.2. The van der Waals surface area contributed by atoms with Crippen LogP contribution in [-0.4, -0.2) is 0 Å². The highest BCUT2D eigenvalue weighted by Gasteiger charge is 2.40. The molecule has 2 nitrogen and oxygen atoms in total. The number of rotatable bonds is 7. The summed E-state index contributed by atoms with van der Waals surface area (Å²) in [6, 6.07) is 62.2. The summed E-state index contributed by atoms with van der Waals surface area (Å²) in [4.78, 5) is 2.37. The summed E-state index contributed by atoms with van der Waals surface area (Å²) in [5.41, 5.74) is 15.8. The van der Waals surface area contributed by atoms with Gasteiger partial charge in [0.15, 0.2) is 0 Å². The fourth-order valence-electron chi connectivity index (χ4n) is 9.44. The van der Waals surface area contributed by atoms with Crippen molar-refractivity contribution in [2.24, 2.45) is 11.8 Å². The quantitative estimate of drug-likeness (QED) is 0.166. The van der Waals surface area contributed by atoms with Crippen LogP contribution in [0.4, 0.5) is 17.1 Å². The predicted molar refractivity (Wildman–Crippen MR) is 220 cm³/mol. The monoisotopic (exact) mass is 685 g/mol. The van der Waals surface area contributed by atoms with Gasteiger partial charge in [-0.15, -0.1) is 0 Å². The SMILES string of the molecule is CC1Oc2ccc(N(c3ccc(-c4ccc(-c5ccccc5)cc4)cc3)c3ccc(-c4ccc(C5CC6CCC5C6)cc4)cc3)cc2-c2ccccc21. The molecule has 4 atom stereocenters. The van der Waals surface area contributed by atoms with Crippen molar-refractivity contribution in [3.05, 3.63) is 181 Å². The van der Waals surface area contributed by atoms with Gasteiger partial charge in [0.2, 0.25) is 0 Å². The number of ether oxygens (including phenoxy) is 1. The lowest BCUT2D eigenvalue weighted by Gasteiger charge is -2.30. The van der Waals surface area contributed by atoms with E-state index < -0.39 is 0 Å². The Bertz CT molecular complexity index is 2380. The molecule has 0 spiro atoms. The van der Waals surface area contributed by atoms with Crippen molar-refractivity contribution in [3.63, 3.8) is 0 Å². The summed E-state index contributed by atoms with van der Waals surface area (Å²) in [5, 5.41) is 0. The summed E-state index contributed by atoms with van der Waals surface area (Å²) in [5.74, 6) is 3.55. The molecule has 0 N–H and O–H groups in total. The molecule has 258 valence electrons. The van der Waals surface area contributed by atoms with Crippen LogP contribution in [0.5, 0.6) is 5.75 Å². The first-order valence-electron chi connectivity index (χ1n) is 19.3. The third kappa shape index (κ3) is 5.93. The van der Waals surface area contributed by atoms with Gasteiger partial charge in [-0.3, -0.25) is 0 Å². The molecule has 0 aromatic heterocycles. The largest absolute Gasteiger partial charge is 0.485 e. The highest BCUT2D eigenvalue weighted by atomic mass is 16.5. The Morgan fingerprint density at radius 1 is 0.472 bits per heavy atom. The van der Waals surface area contributed by atoms with Crippen LogP contribution in [0.2, 0.25) is 0 Å². The zero-order valence-corrected chi connectivity index (χ0v) is 30.2. The van der Waals surface area contributed by atoms with E-state index in [1.807, 2.05) is 0 Å². The Morgan fingerprint density at radius 3 is 1.58 bits per heavy atom. The Hall–Kier alpha value is -5.86. The van der Waals surface area contributed by atoms with E-state index in [1.165, 1.54) is 75.8 Å². The number of hydrogen-bond acceptors (Lipinski definition) is 2. The molecule has 0 saturated heterocycles. The van der Waals surface area contributed by atoms with E-state index in [2.05, 4.69) is 182 Å². The smallest absolute Gasteiger partial charge is 0.128 e. The van der Waals surface area contributed by atoms with Crippen LogP contribution >= 0.6 is 0 Å². The van der Waals surface area contributed by atoms with E-state index >= 15 is 0 Å². The van der Waals surface area contributed by atoms with Crippen LogP contribution in [0.25, 0.3) is 44.5 Å². The first-order chi connectivity index (χ1) is 26.1. The van der Waals surface area contributed by atoms with Crippen LogP contribution < -0.4 is 9.64 Å². The Labute approximate surface area is 313 Å². The number of anilines is 3. The van der Waals surface area contributed by atoms with Crippen molar-refractivity contribution in [2.75, 3.05) is 4.90 Å². The molecule has 2 saturated carbocycles. The molecular weight excluding hydrogens is 643 g/mol. The molecule has 0 radical (unpaired) electrons. The van der Waals surface area contributed by atoms with Gasteiger partial charge in [-0.05, 0) is 131 Å². The van der Waals surface area contributed by atoms with Gasteiger partial charge in [0.1, 0.15) is 11.9 Å². The lowest BCUT2D eigenvalue weighted by molar-refractivity contribution is 0.223. The molecule has 0 amide bonds. The van der Waals surface area contributed by atoms with Gasteiger partial charge >= 0.3 is 0 Å². The summed E-state index contributed by atoms with van der Waals surface area (Å²) >= 11 is 0. The van der Waals surface area contributed by atoms with Crippen molar-refractivity contribution in [3.8, 4) is 50.3 Å². The van der Waals surface area contributed by atoms with Crippen LogP contribution in [0, 0.1) is 11.8 Å². The molecule has 1 heterocycles. The molecule has 2 aliphatic carbocycles. The fraction of sp³-hybridized carbons (Fsp3) is 0.176. The minimum Gasteiger partial charge on any atom is -0.485 e. The number of hydrogen-bond donors (Lipinski definition) is 0. The average Bonchev–Trinajstić information content (AvgIpc) is 3.87. The Morgan fingerprint density at radius 2 is 1.00 bits per heavy atom. The van der Waals surface area contributed by atoms with Gasteiger partial charge in [-0.25, -0.2) is 0 Å². The van der Waals surface area contributed by atoms with Gasteiger partial charge in [-0.2, -0.15) is 0 Å². The van der Waals surface area contributed by atoms with Gasteiger partial charge in [0, 0.05) is 28.2 Å². The summed E-state index contributed by atoms with van der Waals surface area (Å²) in [7, 11) is 0. The highest BCUT2D eigenvalue weighted by molar-refractivity contribution is 5.85. The standard InChI is InChI=1S/C51H43NO/c1-34-47-9-5-6-10-48(47)50-33-46(29-30-51(50)53-34)52(44-25-21-40(22-26-44)38-15-13-37(14-16-38)36-7-3-2-4-8-36)45-27-23-41(24-28-45)39-17-19-42(20-18-39)49-32-35-11-12-43(49)31-35/h2-10,13-30,33-35,43,49H,11-12,31-32H2,1H3. The molecule has 1 aliphatic heterocycles. The summed E-state index contributed by atoms with van der Waals surface area (Å²) in [6.45, 7) is 2.13.